The molecule has 4 aromatic rings. The molecule has 0 atom stereocenters. The zero-order valence-corrected chi connectivity index (χ0v) is 17.8. The van der Waals surface area contributed by atoms with Crippen molar-refractivity contribution in [3.8, 4) is 22.6 Å². The van der Waals surface area contributed by atoms with Gasteiger partial charge in [-0.3, -0.25) is 10.5 Å². The van der Waals surface area contributed by atoms with Crippen molar-refractivity contribution < 1.29 is 9.78 Å². The summed E-state index contributed by atoms with van der Waals surface area (Å²) in [5, 5.41) is 24.9. The molecule has 3 heterocycles. The number of thioether (sulfide) groups is 1. The number of hydrogen-bond donors (Lipinski definition) is 2. The molecule has 30 heavy (non-hydrogen) atoms. The van der Waals surface area contributed by atoms with Crippen molar-refractivity contribution in [3.63, 3.8) is 0 Å². The number of anilines is 2. The van der Waals surface area contributed by atoms with E-state index in [9.17, 15) is 15.3 Å². The number of nitrogens with zero attached hydrogens (tertiary/aromatic N) is 3. The van der Waals surface area contributed by atoms with E-state index in [2.05, 4.69) is 27.4 Å². The summed E-state index contributed by atoms with van der Waals surface area (Å²) in [6.45, 7) is 0. The van der Waals surface area contributed by atoms with Crippen molar-refractivity contribution in [3.05, 3.63) is 52.9 Å². The first-order valence-electron chi connectivity index (χ1n) is 8.61. The van der Waals surface area contributed by atoms with Gasteiger partial charge in [-0.25, -0.2) is 9.97 Å². The van der Waals surface area contributed by atoms with Crippen molar-refractivity contribution in [2.24, 2.45) is 0 Å². The molecule has 0 unspecified atom stereocenters. The maximum atomic E-state index is 12.4. The van der Waals surface area contributed by atoms with E-state index >= 15 is 0 Å². The molecular weight excluding hydrogens is 436 g/mol. The van der Waals surface area contributed by atoms with Gasteiger partial charge in [-0.1, -0.05) is 41.3 Å². The second-order valence-electron chi connectivity index (χ2n) is 6.02. The minimum Gasteiger partial charge on any atom is -0.301 e. The largest absolute Gasteiger partial charge is 0.301 e. The van der Waals surface area contributed by atoms with Crippen LogP contribution in [-0.4, -0.2) is 16.6 Å². The molecule has 4 rings (SSSR count). The number of thiazole rings is 1. The molecule has 10 heteroatoms. The van der Waals surface area contributed by atoms with Gasteiger partial charge in [0.25, 0.3) is 5.82 Å². The SMILES string of the molecule is N#Cc1c(N)[nH+]c(SCC(=O)Nc2nc3ccccc3s2)c(C#N)c1-c1cccs1. The van der Waals surface area contributed by atoms with Gasteiger partial charge in [0, 0.05) is 10.4 Å². The fourth-order valence-corrected chi connectivity index (χ4v) is 5.32. The van der Waals surface area contributed by atoms with Crippen LogP contribution in [0.3, 0.4) is 0 Å². The monoisotopic (exact) mass is 449 g/mol. The number of aromatic nitrogens is 2. The molecule has 0 radical (unpaired) electrons. The molecule has 0 spiro atoms. The molecule has 0 aliphatic carbocycles. The number of amides is 1. The lowest BCUT2D eigenvalue weighted by atomic mass is 10.0. The van der Waals surface area contributed by atoms with Crippen LogP contribution in [0.4, 0.5) is 10.9 Å². The van der Waals surface area contributed by atoms with Gasteiger partial charge in [0.15, 0.2) is 15.7 Å². The van der Waals surface area contributed by atoms with Crippen molar-refractivity contribution in [1.29, 1.82) is 10.5 Å². The summed E-state index contributed by atoms with van der Waals surface area (Å²) >= 11 is 3.96. The molecule has 3 aromatic heterocycles. The number of fused-ring (bicyclic) bond motifs is 1. The molecule has 7 nitrogen and oxygen atoms in total. The van der Waals surface area contributed by atoms with E-state index in [0.29, 0.717) is 21.3 Å². The predicted molar refractivity (Wildman–Crippen MR) is 119 cm³/mol. The number of nitrogens with one attached hydrogen (secondary N) is 2. The third kappa shape index (κ3) is 3.84. The van der Waals surface area contributed by atoms with Crippen LogP contribution in [0.5, 0.6) is 0 Å². The van der Waals surface area contributed by atoms with Gasteiger partial charge in [0.2, 0.25) is 5.91 Å². The molecule has 1 amide bonds. The van der Waals surface area contributed by atoms with Gasteiger partial charge in [0.05, 0.1) is 16.0 Å². The van der Waals surface area contributed by atoms with E-state index < -0.39 is 0 Å². The van der Waals surface area contributed by atoms with E-state index in [1.54, 1.807) is 0 Å². The number of nitriles is 2. The second kappa shape index (κ2) is 8.51. The van der Waals surface area contributed by atoms with Crippen LogP contribution in [0.25, 0.3) is 20.7 Å². The standard InChI is InChI=1S/C20H12N6OS3/c21-8-11-17(15-6-3-7-28-15)12(9-22)19(26-18(11)23)29-10-16(27)25-20-24-13-4-1-2-5-14(13)30-20/h1-7H,10H2,(H2,23,26)(H,24,25,27)/p+1. The first kappa shape index (κ1) is 19.9. The Morgan fingerprint density at radius 1 is 1.20 bits per heavy atom. The van der Waals surface area contributed by atoms with Crippen LogP contribution in [0.15, 0.2) is 46.8 Å². The molecular formula is C20H13N6OS3+. The summed E-state index contributed by atoms with van der Waals surface area (Å²) in [4.78, 5) is 20.5. The highest BCUT2D eigenvalue weighted by molar-refractivity contribution is 7.99. The van der Waals surface area contributed by atoms with Crippen LogP contribution in [0.2, 0.25) is 0 Å². The summed E-state index contributed by atoms with van der Waals surface area (Å²) < 4.78 is 0.987. The Balaban J connectivity index is 1.58. The average Bonchev–Trinajstić information content (AvgIpc) is 3.41. The Morgan fingerprint density at radius 2 is 2.00 bits per heavy atom. The van der Waals surface area contributed by atoms with E-state index in [0.717, 1.165) is 26.9 Å². The number of pyridine rings is 1. The van der Waals surface area contributed by atoms with Crippen LogP contribution in [-0.2, 0) is 4.79 Å². The summed E-state index contributed by atoms with van der Waals surface area (Å²) in [5.41, 5.74) is 7.85. The van der Waals surface area contributed by atoms with Gasteiger partial charge in [0.1, 0.15) is 17.7 Å². The molecule has 146 valence electrons. The number of para-hydroxylation sites is 1. The lowest BCUT2D eigenvalue weighted by molar-refractivity contribution is -0.410. The number of nitrogen functional groups attached to an aromatic ring is 1. The normalized spacial score (nSPS) is 10.5. The molecule has 0 aliphatic rings. The molecule has 0 saturated carbocycles. The predicted octanol–water partition coefficient (Wildman–Crippen LogP) is 3.90. The summed E-state index contributed by atoms with van der Waals surface area (Å²) in [5.74, 6) is -0.0398. The number of thiophene rings is 1. The third-order valence-electron chi connectivity index (χ3n) is 4.12. The summed E-state index contributed by atoms with van der Waals surface area (Å²) in [6, 6.07) is 15.5. The van der Waals surface area contributed by atoms with E-state index in [4.69, 9.17) is 5.73 Å². The van der Waals surface area contributed by atoms with E-state index in [1.807, 2.05) is 41.8 Å². The maximum absolute atomic E-state index is 12.4. The fourth-order valence-electron chi connectivity index (χ4n) is 2.84. The Kier molecular flexibility index (Phi) is 5.63. The Morgan fingerprint density at radius 3 is 2.70 bits per heavy atom. The number of nitrogens with two attached hydrogens (primary N) is 1. The number of hydrogen-bond acceptors (Lipinski definition) is 8. The van der Waals surface area contributed by atoms with E-state index in [-0.39, 0.29) is 23.0 Å². The van der Waals surface area contributed by atoms with Gasteiger partial charge >= 0.3 is 0 Å². The minimum absolute atomic E-state index is 0.0519. The van der Waals surface area contributed by atoms with Crippen molar-refractivity contribution in [1.82, 2.24) is 4.98 Å². The molecule has 0 saturated heterocycles. The molecule has 0 fully saturated rings. The highest BCUT2D eigenvalue weighted by Gasteiger charge is 2.25. The van der Waals surface area contributed by atoms with Crippen molar-refractivity contribution >= 4 is 61.5 Å². The molecule has 4 N–H and O–H groups in total. The van der Waals surface area contributed by atoms with Crippen LogP contribution >= 0.6 is 34.4 Å². The third-order valence-corrected chi connectivity index (χ3v) is 6.96. The Hall–Kier alpha value is -3.44. The first-order chi connectivity index (χ1) is 14.6. The summed E-state index contributed by atoms with van der Waals surface area (Å²) in [6.07, 6.45) is 0. The number of H-pyrrole nitrogens is 1. The fraction of sp³-hybridized carbons (Fsp3) is 0.0500. The lowest BCUT2D eigenvalue weighted by Gasteiger charge is -2.08. The molecule has 0 aliphatic heterocycles. The van der Waals surface area contributed by atoms with Crippen molar-refractivity contribution in [2.75, 3.05) is 16.8 Å². The van der Waals surface area contributed by atoms with Gasteiger partial charge < -0.3 is 5.32 Å². The average molecular weight is 450 g/mol. The zero-order chi connectivity index (χ0) is 21.1. The van der Waals surface area contributed by atoms with Gasteiger partial charge in [-0.05, 0) is 23.6 Å². The second-order valence-corrected chi connectivity index (χ2v) is 8.98. The van der Waals surface area contributed by atoms with Gasteiger partial charge in [-0.2, -0.15) is 10.5 Å². The number of aromatic amines is 1. The number of carbonyl (C=O) groups excluding carboxylic acids is 1. The van der Waals surface area contributed by atoms with Crippen LogP contribution in [0.1, 0.15) is 11.1 Å². The van der Waals surface area contributed by atoms with Crippen LogP contribution < -0.4 is 16.0 Å². The van der Waals surface area contributed by atoms with Crippen LogP contribution in [0, 0.1) is 22.7 Å². The topological polar surface area (TPSA) is 130 Å². The number of carbonyl (C=O) groups is 1. The minimum atomic E-state index is -0.253. The lowest BCUT2D eigenvalue weighted by Crippen LogP contribution is -2.20. The van der Waals surface area contributed by atoms with Crippen molar-refractivity contribution in [2.45, 2.75) is 5.03 Å². The van der Waals surface area contributed by atoms with E-state index in [1.165, 1.54) is 22.7 Å². The first-order valence-corrected chi connectivity index (χ1v) is 11.3. The Bertz CT molecular complexity index is 1300. The number of benzene rings is 1. The Labute approximate surface area is 183 Å². The van der Waals surface area contributed by atoms with Gasteiger partial charge in [-0.15, -0.1) is 11.3 Å². The number of rotatable bonds is 5. The molecule has 1 aromatic carbocycles. The smallest absolute Gasteiger partial charge is 0.289 e. The highest BCUT2D eigenvalue weighted by Crippen LogP contribution is 2.36. The zero-order valence-electron chi connectivity index (χ0n) is 15.3. The molecule has 0 bridgehead atoms. The highest BCUT2D eigenvalue weighted by atomic mass is 32.2. The summed E-state index contributed by atoms with van der Waals surface area (Å²) in [7, 11) is 0. The quantitative estimate of drug-likeness (QED) is 0.445. The maximum Gasteiger partial charge on any atom is 0.289 e.